The number of thioether (sulfide) groups is 1. The second-order valence-corrected chi connectivity index (χ2v) is 5.27. The summed E-state index contributed by atoms with van der Waals surface area (Å²) in [5.41, 5.74) is 0. The molecule has 6 heteroatoms. The Bertz CT molecular complexity index is 308. The summed E-state index contributed by atoms with van der Waals surface area (Å²) < 4.78 is 4.53. The van der Waals surface area contributed by atoms with E-state index in [-0.39, 0.29) is 17.9 Å². The Labute approximate surface area is 111 Å². The fourth-order valence-electron chi connectivity index (χ4n) is 1.89. The Morgan fingerprint density at radius 2 is 2.33 bits per heavy atom. The third-order valence-electron chi connectivity index (χ3n) is 2.92. The van der Waals surface area contributed by atoms with Crippen molar-refractivity contribution < 1.29 is 19.1 Å². The van der Waals surface area contributed by atoms with E-state index in [1.54, 1.807) is 4.90 Å². The maximum absolute atomic E-state index is 11.5. The van der Waals surface area contributed by atoms with Crippen LogP contribution in [0.25, 0.3) is 0 Å². The average Bonchev–Trinajstić information content (AvgIpc) is 2.74. The molecule has 0 aliphatic carbocycles. The number of aldehydes is 1. The third-order valence-corrected chi connectivity index (χ3v) is 3.93. The first kappa shape index (κ1) is 15.0. The van der Waals surface area contributed by atoms with Gasteiger partial charge in [-0.15, -0.1) is 0 Å². The minimum absolute atomic E-state index is 0.0781. The molecular formula is C12H19NO4S. The van der Waals surface area contributed by atoms with E-state index in [0.717, 1.165) is 24.9 Å². The van der Waals surface area contributed by atoms with E-state index in [4.69, 9.17) is 0 Å². The number of hydrogen-bond donors (Lipinski definition) is 0. The summed E-state index contributed by atoms with van der Waals surface area (Å²) in [6.07, 6.45) is 3.79. The molecule has 18 heavy (non-hydrogen) atoms. The zero-order valence-electron chi connectivity index (χ0n) is 10.6. The van der Waals surface area contributed by atoms with Gasteiger partial charge in [0.1, 0.15) is 6.29 Å². The maximum Gasteiger partial charge on any atom is 0.315 e. The van der Waals surface area contributed by atoms with Gasteiger partial charge < -0.3 is 14.4 Å². The third kappa shape index (κ3) is 4.68. The van der Waals surface area contributed by atoms with Gasteiger partial charge in [0.05, 0.1) is 18.9 Å². The largest absolute Gasteiger partial charge is 0.468 e. The van der Waals surface area contributed by atoms with Gasteiger partial charge in [0.15, 0.2) is 0 Å². The molecule has 1 heterocycles. The Morgan fingerprint density at radius 3 is 3.00 bits per heavy atom. The van der Waals surface area contributed by atoms with Crippen molar-refractivity contribution >= 4 is 29.9 Å². The molecule has 0 saturated carbocycles. The summed E-state index contributed by atoms with van der Waals surface area (Å²) in [5.74, 6) is 1.10. The van der Waals surface area contributed by atoms with Crippen molar-refractivity contribution in [3.63, 3.8) is 0 Å². The van der Waals surface area contributed by atoms with Gasteiger partial charge in [0.2, 0.25) is 5.91 Å². The molecule has 1 aliphatic rings. The molecule has 0 unspecified atom stereocenters. The summed E-state index contributed by atoms with van der Waals surface area (Å²) in [6, 6.07) is -0.222. The van der Waals surface area contributed by atoms with Crippen molar-refractivity contribution in [1.29, 1.82) is 0 Å². The summed E-state index contributed by atoms with van der Waals surface area (Å²) in [6.45, 7) is 0.640. The van der Waals surface area contributed by atoms with Crippen LogP contribution in [0, 0.1) is 0 Å². The highest BCUT2D eigenvalue weighted by atomic mass is 32.2. The Hall–Kier alpha value is -1.04. The fourth-order valence-corrected chi connectivity index (χ4v) is 2.73. The second kappa shape index (κ2) is 8.13. The maximum atomic E-state index is 11.5. The van der Waals surface area contributed by atoms with E-state index in [1.165, 1.54) is 18.9 Å². The predicted octanol–water partition coefficient (Wildman–Crippen LogP) is 0.863. The number of ether oxygens (including phenoxy) is 1. The zero-order valence-corrected chi connectivity index (χ0v) is 11.4. The number of carbonyl (C=O) groups excluding carboxylic acids is 3. The molecule has 0 aromatic rings. The number of rotatable bonds is 8. The standard InChI is InChI=1S/C12H19NO4S/c1-17-12(16)9-18-7-3-2-6-13-10(8-14)4-5-11(13)15/h8,10H,2-7,9H2,1H3/t10-/m1/s1. The molecule has 1 rings (SSSR count). The Morgan fingerprint density at radius 1 is 1.56 bits per heavy atom. The number of carbonyl (C=O) groups is 3. The van der Waals surface area contributed by atoms with Crippen LogP contribution < -0.4 is 0 Å². The highest BCUT2D eigenvalue weighted by Gasteiger charge is 2.29. The first-order valence-corrected chi connectivity index (χ1v) is 7.24. The highest BCUT2D eigenvalue weighted by molar-refractivity contribution is 7.99. The van der Waals surface area contributed by atoms with Crippen LogP contribution in [0.2, 0.25) is 0 Å². The van der Waals surface area contributed by atoms with Crippen molar-refractivity contribution in [2.24, 2.45) is 0 Å². The molecule has 0 N–H and O–H groups in total. The van der Waals surface area contributed by atoms with Crippen molar-refractivity contribution in [2.75, 3.05) is 25.2 Å². The van der Waals surface area contributed by atoms with Crippen LogP contribution in [0.3, 0.4) is 0 Å². The van der Waals surface area contributed by atoms with Gasteiger partial charge in [0.25, 0.3) is 0 Å². The minimum atomic E-state index is -0.222. The molecule has 0 radical (unpaired) electrons. The van der Waals surface area contributed by atoms with Gasteiger partial charge in [-0.25, -0.2) is 0 Å². The predicted molar refractivity (Wildman–Crippen MR) is 69.4 cm³/mol. The van der Waals surface area contributed by atoms with E-state index >= 15 is 0 Å². The highest BCUT2D eigenvalue weighted by Crippen LogP contribution is 2.17. The fraction of sp³-hybridized carbons (Fsp3) is 0.750. The molecule has 1 amide bonds. The molecule has 1 fully saturated rings. The number of methoxy groups -OCH3 is 1. The first-order valence-electron chi connectivity index (χ1n) is 6.08. The van der Waals surface area contributed by atoms with Crippen molar-refractivity contribution in [3.05, 3.63) is 0 Å². The lowest BCUT2D eigenvalue weighted by Crippen LogP contribution is -2.34. The van der Waals surface area contributed by atoms with Crippen molar-refractivity contribution in [1.82, 2.24) is 4.90 Å². The number of hydrogen-bond acceptors (Lipinski definition) is 5. The molecule has 0 aromatic carbocycles. The zero-order chi connectivity index (χ0) is 13.4. The van der Waals surface area contributed by atoms with Gasteiger partial charge >= 0.3 is 5.97 Å². The van der Waals surface area contributed by atoms with Crippen LogP contribution in [-0.4, -0.2) is 54.3 Å². The van der Waals surface area contributed by atoms with Crippen LogP contribution in [0.15, 0.2) is 0 Å². The minimum Gasteiger partial charge on any atom is -0.468 e. The van der Waals surface area contributed by atoms with E-state index < -0.39 is 0 Å². The summed E-state index contributed by atoms with van der Waals surface area (Å²) in [7, 11) is 1.38. The van der Waals surface area contributed by atoms with Crippen molar-refractivity contribution in [2.45, 2.75) is 31.7 Å². The molecule has 1 saturated heterocycles. The van der Waals surface area contributed by atoms with Gasteiger partial charge in [-0.2, -0.15) is 11.8 Å². The van der Waals surface area contributed by atoms with Crippen molar-refractivity contribution in [3.8, 4) is 0 Å². The average molecular weight is 273 g/mol. The number of amides is 1. The Balaban J connectivity index is 2.08. The molecule has 0 bridgehead atoms. The number of esters is 1. The smallest absolute Gasteiger partial charge is 0.315 e. The molecule has 102 valence electrons. The van der Waals surface area contributed by atoms with Crippen LogP contribution in [-0.2, 0) is 19.1 Å². The van der Waals surface area contributed by atoms with Crippen LogP contribution in [0.5, 0.6) is 0 Å². The summed E-state index contributed by atoms with van der Waals surface area (Å²) >= 11 is 1.53. The molecule has 1 aliphatic heterocycles. The van der Waals surface area contributed by atoms with Crippen LogP contribution >= 0.6 is 11.8 Å². The SMILES string of the molecule is COC(=O)CSCCCCN1C(=O)CC[C@@H]1C=O. The summed E-state index contributed by atoms with van der Waals surface area (Å²) in [5, 5.41) is 0. The molecule has 0 aromatic heterocycles. The van der Waals surface area contributed by atoms with Gasteiger partial charge in [-0.3, -0.25) is 9.59 Å². The van der Waals surface area contributed by atoms with E-state index in [1.807, 2.05) is 0 Å². The molecular weight excluding hydrogens is 254 g/mol. The number of nitrogens with zero attached hydrogens (tertiary/aromatic N) is 1. The number of likely N-dealkylation sites (tertiary alicyclic amines) is 1. The van der Waals surface area contributed by atoms with E-state index in [2.05, 4.69) is 4.74 Å². The van der Waals surface area contributed by atoms with Crippen LogP contribution in [0.4, 0.5) is 0 Å². The van der Waals surface area contributed by atoms with E-state index in [0.29, 0.717) is 25.1 Å². The lowest BCUT2D eigenvalue weighted by atomic mass is 10.2. The lowest BCUT2D eigenvalue weighted by molar-refractivity contribution is -0.137. The summed E-state index contributed by atoms with van der Waals surface area (Å²) in [4.78, 5) is 34.8. The quantitative estimate of drug-likeness (QED) is 0.373. The van der Waals surface area contributed by atoms with Gasteiger partial charge in [-0.05, 0) is 25.0 Å². The van der Waals surface area contributed by atoms with Crippen LogP contribution in [0.1, 0.15) is 25.7 Å². The second-order valence-electron chi connectivity index (χ2n) is 4.17. The monoisotopic (exact) mass is 273 g/mol. The van der Waals surface area contributed by atoms with Gasteiger partial charge in [0, 0.05) is 13.0 Å². The molecule has 1 atom stereocenters. The lowest BCUT2D eigenvalue weighted by Gasteiger charge is -2.20. The molecule has 5 nitrogen and oxygen atoms in total. The first-order chi connectivity index (χ1) is 8.69. The normalized spacial score (nSPS) is 19.1. The van der Waals surface area contributed by atoms with Gasteiger partial charge in [-0.1, -0.05) is 0 Å². The van der Waals surface area contributed by atoms with E-state index in [9.17, 15) is 14.4 Å². The Kier molecular flexibility index (Phi) is 6.78. The topological polar surface area (TPSA) is 63.7 Å². The molecule has 0 spiro atoms. The number of unbranched alkanes of at least 4 members (excludes halogenated alkanes) is 1.